The Bertz CT molecular complexity index is 1320. The van der Waals surface area contributed by atoms with Crippen LogP contribution in [0.25, 0.3) is 5.57 Å². The molecule has 2 aliphatic rings. The normalized spacial score (nSPS) is 18.2. The number of halogens is 3. The van der Waals surface area contributed by atoms with E-state index in [1.165, 1.54) is 26.5 Å². The summed E-state index contributed by atoms with van der Waals surface area (Å²) in [6.45, 7) is 3.66. The number of nitrogens with one attached hydrogen (secondary N) is 1. The smallest absolute Gasteiger partial charge is 0.416 e. The van der Waals surface area contributed by atoms with Gasteiger partial charge in [0.05, 0.1) is 32.6 Å². The van der Waals surface area contributed by atoms with Gasteiger partial charge in [0.15, 0.2) is 11.5 Å². The molecule has 1 amide bonds. The van der Waals surface area contributed by atoms with Gasteiger partial charge in [0.25, 0.3) is 5.78 Å². The average molecular weight is 514 g/mol. The number of Topliss-reactive ketones (excluding diaryl/α,β-unsaturated/α-hetero) is 1. The molecule has 0 saturated heterocycles. The number of fused-ring (bicyclic) bond motifs is 1. The summed E-state index contributed by atoms with van der Waals surface area (Å²) in [6, 6.07) is 7.00. The molecule has 0 bridgehead atoms. The van der Waals surface area contributed by atoms with E-state index in [1.54, 1.807) is 44.2 Å². The van der Waals surface area contributed by atoms with Gasteiger partial charge in [0.1, 0.15) is 5.76 Å². The topological polar surface area (TPSA) is 77.8 Å². The number of hydrogen-bond acceptors (Lipinski definition) is 5. The van der Waals surface area contributed by atoms with Gasteiger partial charge in [-0.3, -0.25) is 9.59 Å². The number of benzene rings is 1. The lowest BCUT2D eigenvalue weighted by atomic mass is 9.83. The van der Waals surface area contributed by atoms with Crippen molar-refractivity contribution in [2.45, 2.75) is 32.5 Å². The Hall–Kier alpha value is -4.01. The van der Waals surface area contributed by atoms with Crippen molar-refractivity contribution in [2.24, 2.45) is 5.92 Å². The zero-order valence-corrected chi connectivity index (χ0v) is 20.7. The molecule has 0 saturated carbocycles. The molecule has 0 radical (unpaired) electrons. The van der Waals surface area contributed by atoms with Gasteiger partial charge >= 0.3 is 6.18 Å². The molecule has 37 heavy (non-hydrogen) atoms. The molecule has 1 aromatic carbocycles. The van der Waals surface area contributed by atoms with E-state index < -0.39 is 29.4 Å². The van der Waals surface area contributed by atoms with Crippen LogP contribution in [-0.2, 0) is 31.8 Å². The Kier molecular flexibility index (Phi) is 7.16. The van der Waals surface area contributed by atoms with Gasteiger partial charge in [-0.25, -0.2) is 0 Å². The summed E-state index contributed by atoms with van der Waals surface area (Å²) in [5.41, 5.74) is 2.20. The molecule has 2 unspecified atom stereocenters. The first-order valence-corrected chi connectivity index (χ1v) is 11.5. The summed E-state index contributed by atoms with van der Waals surface area (Å²) < 4.78 is 56.4. The fraction of sp³-hybridized carbons (Fsp3) is 0.286. The maximum atomic E-state index is 13.6. The van der Waals surface area contributed by atoms with Crippen LogP contribution in [-0.4, -0.2) is 25.9 Å². The van der Waals surface area contributed by atoms with Crippen molar-refractivity contribution in [1.29, 1.82) is 0 Å². The molecule has 2 aromatic rings. The first-order chi connectivity index (χ1) is 17.5. The maximum Gasteiger partial charge on any atom is 0.416 e. The third-order valence-electron chi connectivity index (χ3n) is 6.62. The number of carbonyl (C=O) groups is 2. The Morgan fingerprint density at radius 1 is 1.16 bits per heavy atom. The SMILES string of the molecule is COC1=CC(=CC2=C(C)C(C(C)C(=O)NCc3ccco3)c3cc(C(F)(F)F)ccc32)C=C(OC)C1=O. The van der Waals surface area contributed by atoms with Gasteiger partial charge in [0.2, 0.25) is 5.91 Å². The minimum absolute atomic E-state index is 0.0803. The van der Waals surface area contributed by atoms with E-state index in [1.807, 2.05) is 0 Å². The number of ketones is 1. The highest BCUT2D eigenvalue weighted by molar-refractivity contribution is 6.07. The molecular weight excluding hydrogens is 487 g/mol. The largest absolute Gasteiger partial charge is 0.492 e. The van der Waals surface area contributed by atoms with Crippen molar-refractivity contribution >= 4 is 17.3 Å². The van der Waals surface area contributed by atoms with E-state index in [2.05, 4.69) is 5.32 Å². The molecule has 6 nitrogen and oxygen atoms in total. The quantitative estimate of drug-likeness (QED) is 0.515. The molecule has 2 atom stereocenters. The third-order valence-corrected chi connectivity index (χ3v) is 6.62. The monoisotopic (exact) mass is 513 g/mol. The minimum Gasteiger partial charge on any atom is -0.492 e. The van der Waals surface area contributed by atoms with Crippen molar-refractivity contribution in [3.05, 3.63) is 99.9 Å². The number of alkyl halides is 3. The standard InChI is InChI=1S/C28H26F3NO5/c1-15-21(10-17-11-23(35-3)26(33)24(12-17)36-4)20-8-7-18(28(29,30)31)13-22(20)25(15)16(2)27(34)32-14-19-6-5-9-37-19/h5-13,16,25H,14H2,1-4H3,(H,32,34). The molecule has 2 aliphatic carbocycles. The molecule has 1 aromatic heterocycles. The minimum atomic E-state index is -4.53. The van der Waals surface area contributed by atoms with Gasteiger partial charge in [-0.15, -0.1) is 0 Å². The lowest BCUT2D eigenvalue weighted by Crippen LogP contribution is -2.32. The van der Waals surface area contributed by atoms with Crippen molar-refractivity contribution in [2.75, 3.05) is 14.2 Å². The van der Waals surface area contributed by atoms with E-state index in [-0.39, 0.29) is 24.0 Å². The molecule has 9 heteroatoms. The van der Waals surface area contributed by atoms with Crippen LogP contribution in [0, 0.1) is 5.92 Å². The highest BCUT2D eigenvalue weighted by Gasteiger charge is 2.38. The average Bonchev–Trinajstić information content (AvgIpc) is 3.48. The summed E-state index contributed by atoms with van der Waals surface area (Å²) in [5, 5.41) is 2.80. The number of rotatable bonds is 7. The van der Waals surface area contributed by atoms with Crippen LogP contribution in [0.1, 0.15) is 42.2 Å². The predicted molar refractivity (Wildman–Crippen MR) is 130 cm³/mol. The molecule has 0 aliphatic heterocycles. The molecular formula is C28H26F3NO5. The Morgan fingerprint density at radius 3 is 2.41 bits per heavy atom. The summed E-state index contributed by atoms with van der Waals surface area (Å²) >= 11 is 0. The van der Waals surface area contributed by atoms with E-state index in [9.17, 15) is 22.8 Å². The van der Waals surface area contributed by atoms with Gasteiger partial charge < -0.3 is 19.2 Å². The zero-order chi connectivity index (χ0) is 26.9. The van der Waals surface area contributed by atoms with Crippen molar-refractivity contribution < 1.29 is 36.7 Å². The highest BCUT2D eigenvalue weighted by Crippen LogP contribution is 2.48. The van der Waals surface area contributed by atoms with Gasteiger partial charge in [-0.2, -0.15) is 13.2 Å². The summed E-state index contributed by atoms with van der Waals surface area (Å²) in [7, 11) is 2.74. The van der Waals surface area contributed by atoms with Crippen LogP contribution in [0.5, 0.6) is 0 Å². The Balaban J connectivity index is 1.77. The first kappa shape index (κ1) is 26.1. The molecule has 1 heterocycles. The van der Waals surface area contributed by atoms with E-state index in [0.717, 1.165) is 17.7 Å². The third kappa shape index (κ3) is 5.12. The maximum absolute atomic E-state index is 13.6. The van der Waals surface area contributed by atoms with Crippen molar-refractivity contribution in [3.63, 3.8) is 0 Å². The second-order valence-electron chi connectivity index (χ2n) is 8.86. The Labute approximate surface area is 212 Å². The summed E-state index contributed by atoms with van der Waals surface area (Å²) in [6.07, 6.45) is 1.81. The molecule has 194 valence electrons. The van der Waals surface area contributed by atoms with Crippen LogP contribution in [0.4, 0.5) is 13.2 Å². The summed E-state index contributed by atoms with van der Waals surface area (Å²) in [5.74, 6) is -1.26. The number of furan rings is 1. The number of methoxy groups -OCH3 is 2. The second kappa shape index (κ2) is 10.2. The van der Waals surface area contributed by atoms with Crippen LogP contribution in [0.2, 0.25) is 0 Å². The van der Waals surface area contributed by atoms with E-state index >= 15 is 0 Å². The highest BCUT2D eigenvalue weighted by atomic mass is 19.4. The second-order valence-corrected chi connectivity index (χ2v) is 8.86. The van der Waals surface area contributed by atoms with Crippen LogP contribution >= 0.6 is 0 Å². The van der Waals surface area contributed by atoms with Crippen molar-refractivity contribution in [1.82, 2.24) is 5.32 Å². The number of hydrogen-bond donors (Lipinski definition) is 1. The van der Waals surface area contributed by atoms with Crippen LogP contribution < -0.4 is 5.32 Å². The lowest BCUT2D eigenvalue weighted by molar-refractivity contribution is -0.137. The molecule has 1 N–H and O–H groups in total. The molecule has 4 rings (SSSR count). The van der Waals surface area contributed by atoms with Crippen molar-refractivity contribution in [3.8, 4) is 0 Å². The molecule has 0 fully saturated rings. The molecule has 0 spiro atoms. The fourth-order valence-corrected chi connectivity index (χ4v) is 4.74. The fourth-order valence-electron chi connectivity index (χ4n) is 4.74. The summed E-state index contributed by atoms with van der Waals surface area (Å²) in [4.78, 5) is 25.4. The predicted octanol–water partition coefficient (Wildman–Crippen LogP) is 5.69. The zero-order valence-electron chi connectivity index (χ0n) is 20.7. The van der Waals surface area contributed by atoms with Gasteiger partial charge in [-0.05, 0) is 71.7 Å². The van der Waals surface area contributed by atoms with E-state index in [0.29, 0.717) is 28.0 Å². The van der Waals surface area contributed by atoms with Gasteiger partial charge in [-0.1, -0.05) is 18.6 Å². The Morgan fingerprint density at radius 2 is 1.84 bits per heavy atom. The van der Waals surface area contributed by atoms with E-state index in [4.69, 9.17) is 13.9 Å². The van der Waals surface area contributed by atoms with Crippen LogP contribution in [0.15, 0.2) is 81.9 Å². The lowest BCUT2D eigenvalue weighted by Gasteiger charge is -2.22. The number of amides is 1. The van der Waals surface area contributed by atoms with Crippen LogP contribution in [0.3, 0.4) is 0 Å². The number of carbonyl (C=O) groups excluding carboxylic acids is 2. The number of allylic oxidation sites excluding steroid dienone is 6. The van der Waals surface area contributed by atoms with Gasteiger partial charge in [0, 0.05) is 11.8 Å². The first-order valence-electron chi connectivity index (χ1n) is 11.5. The number of ether oxygens (including phenoxy) is 2.